The van der Waals surface area contributed by atoms with Gasteiger partial charge in [-0.25, -0.2) is 0 Å². The monoisotopic (exact) mass is 230 g/mol. The van der Waals surface area contributed by atoms with Gasteiger partial charge in [-0.15, -0.1) is 6.07 Å². The zero-order valence-electron chi connectivity index (χ0n) is 6.56. The van der Waals surface area contributed by atoms with Gasteiger partial charge in [-0.1, -0.05) is 6.07 Å². The Labute approximate surface area is 86.3 Å². The van der Waals surface area contributed by atoms with Gasteiger partial charge in [0.2, 0.25) is 0 Å². The second kappa shape index (κ2) is 4.67. The van der Waals surface area contributed by atoms with E-state index in [1.54, 1.807) is 0 Å². The average molecular weight is 232 g/mol. The Bertz CT molecular complexity index is 310. The number of carboxylic acid groups (broad SMARTS) is 1. The van der Waals surface area contributed by atoms with Crippen LogP contribution in [0.15, 0.2) is 18.2 Å². The molecule has 6 heteroatoms. The summed E-state index contributed by atoms with van der Waals surface area (Å²) in [5.41, 5.74) is -0.404. The van der Waals surface area contributed by atoms with Crippen molar-refractivity contribution >= 4 is 11.7 Å². The predicted octanol–water partition coefficient (Wildman–Crippen LogP) is 1.09. The molecule has 0 aromatic heterocycles. The number of hydrogen-bond donors (Lipinski definition) is 1. The quantitative estimate of drug-likeness (QED) is 0.358. The fraction of sp³-hybridized carbons (Fsp3) is 0. The van der Waals surface area contributed by atoms with Crippen molar-refractivity contribution in [3.8, 4) is 0 Å². The molecule has 0 heterocycles. The second-order valence-electron chi connectivity index (χ2n) is 2.04. The molecule has 0 atom stereocenters. The summed E-state index contributed by atoms with van der Waals surface area (Å²) in [7, 11) is 0. The molecular formula is C7H4NO4Zn-. The number of benzene rings is 1. The van der Waals surface area contributed by atoms with Crippen molar-refractivity contribution in [3.63, 3.8) is 0 Å². The zero-order chi connectivity index (χ0) is 9.14. The minimum Gasteiger partial charge on any atom is -0.487 e. The number of rotatable bonds is 2. The second-order valence-corrected chi connectivity index (χ2v) is 2.04. The van der Waals surface area contributed by atoms with Gasteiger partial charge in [-0.05, 0) is 5.56 Å². The Kier molecular flexibility index (Phi) is 4.21. The number of non-ortho nitro benzene ring substituents is 1. The van der Waals surface area contributed by atoms with Crippen molar-refractivity contribution in [1.82, 2.24) is 0 Å². The largest absolute Gasteiger partial charge is 0.487 e. The van der Waals surface area contributed by atoms with Crippen LogP contribution in [0.5, 0.6) is 0 Å². The van der Waals surface area contributed by atoms with Crippen molar-refractivity contribution in [2.24, 2.45) is 0 Å². The maximum absolute atomic E-state index is 10.3. The molecule has 0 spiro atoms. The van der Waals surface area contributed by atoms with Gasteiger partial charge in [-0.3, -0.25) is 14.9 Å². The summed E-state index contributed by atoms with van der Waals surface area (Å²) >= 11 is 0. The summed E-state index contributed by atoms with van der Waals surface area (Å²) in [5.74, 6) is -1.20. The smallest absolute Gasteiger partial charge is 0.278 e. The van der Waals surface area contributed by atoms with Crippen LogP contribution in [0.2, 0.25) is 0 Å². The van der Waals surface area contributed by atoms with E-state index in [2.05, 4.69) is 6.07 Å². The van der Waals surface area contributed by atoms with Gasteiger partial charge in [0, 0.05) is 24.4 Å². The van der Waals surface area contributed by atoms with E-state index in [-0.39, 0.29) is 30.7 Å². The SMILES string of the molecule is O=C(O)c1c[c-]cc([N+](=O)[O-])c1.[Zn]. The minimum absolute atomic E-state index is 0. The topological polar surface area (TPSA) is 80.4 Å². The van der Waals surface area contributed by atoms with E-state index in [1.165, 1.54) is 6.07 Å². The summed E-state index contributed by atoms with van der Waals surface area (Å²) in [6.07, 6.45) is 0. The first kappa shape index (κ1) is 11.7. The maximum atomic E-state index is 10.3. The maximum Gasteiger partial charge on any atom is 0.278 e. The Hall–Kier alpha value is -1.29. The van der Waals surface area contributed by atoms with Crippen LogP contribution >= 0.6 is 0 Å². The number of nitro benzene ring substituents is 1. The first-order valence-electron chi connectivity index (χ1n) is 3.00. The molecule has 0 saturated carbocycles. The van der Waals surface area contributed by atoms with Crippen molar-refractivity contribution in [2.75, 3.05) is 0 Å². The van der Waals surface area contributed by atoms with Crippen LogP contribution in [0.1, 0.15) is 10.4 Å². The molecule has 1 rings (SSSR count). The third-order valence-corrected chi connectivity index (χ3v) is 1.23. The summed E-state index contributed by atoms with van der Waals surface area (Å²) in [4.78, 5) is 19.8. The van der Waals surface area contributed by atoms with Crippen LogP contribution in [0.4, 0.5) is 5.69 Å². The van der Waals surface area contributed by atoms with E-state index in [1.807, 2.05) is 0 Å². The molecule has 0 bridgehead atoms. The van der Waals surface area contributed by atoms with Crippen molar-refractivity contribution < 1.29 is 34.3 Å². The molecule has 1 aromatic rings. The molecule has 1 N–H and O–H groups in total. The molecular weight excluding hydrogens is 227 g/mol. The summed E-state index contributed by atoms with van der Waals surface area (Å²) in [6.45, 7) is 0. The molecule has 0 radical (unpaired) electrons. The number of carbonyl (C=O) groups is 1. The Morgan fingerprint density at radius 1 is 1.54 bits per heavy atom. The molecule has 0 unspecified atom stereocenters. The summed E-state index contributed by atoms with van der Waals surface area (Å²) in [5, 5.41) is 18.6. The molecule has 64 valence electrons. The molecule has 0 aliphatic carbocycles. The number of nitro groups is 1. The molecule has 1 aromatic carbocycles. The molecule has 0 amide bonds. The van der Waals surface area contributed by atoms with Crippen LogP contribution in [-0.4, -0.2) is 16.0 Å². The van der Waals surface area contributed by atoms with Gasteiger partial charge in [-0.2, -0.15) is 12.1 Å². The summed E-state index contributed by atoms with van der Waals surface area (Å²) < 4.78 is 0. The van der Waals surface area contributed by atoms with Gasteiger partial charge >= 0.3 is 0 Å². The van der Waals surface area contributed by atoms with E-state index in [9.17, 15) is 14.9 Å². The van der Waals surface area contributed by atoms with E-state index in [4.69, 9.17) is 5.11 Å². The first-order chi connectivity index (χ1) is 5.61. The Morgan fingerprint density at radius 2 is 2.15 bits per heavy atom. The van der Waals surface area contributed by atoms with E-state index in [0.29, 0.717) is 0 Å². The van der Waals surface area contributed by atoms with E-state index in [0.717, 1.165) is 12.1 Å². The van der Waals surface area contributed by atoms with Crippen molar-refractivity contribution in [3.05, 3.63) is 39.9 Å². The number of carboxylic acids is 1. The zero-order valence-corrected chi connectivity index (χ0v) is 9.53. The van der Waals surface area contributed by atoms with Crippen molar-refractivity contribution in [1.29, 1.82) is 0 Å². The molecule has 5 nitrogen and oxygen atoms in total. The van der Waals surface area contributed by atoms with Gasteiger partial charge in [0.05, 0.1) is 0 Å². The third-order valence-electron chi connectivity index (χ3n) is 1.23. The van der Waals surface area contributed by atoms with Gasteiger partial charge in [0.1, 0.15) is 0 Å². The van der Waals surface area contributed by atoms with Crippen molar-refractivity contribution in [2.45, 2.75) is 0 Å². The van der Waals surface area contributed by atoms with Crippen LogP contribution in [0, 0.1) is 16.2 Å². The van der Waals surface area contributed by atoms with Crippen LogP contribution in [0.3, 0.4) is 0 Å². The van der Waals surface area contributed by atoms with Crippen LogP contribution < -0.4 is 0 Å². The number of nitrogens with zero attached hydrogens (tertiary/aromatic N) is 1. The van der Waals surface area contributed by atoms with E-state index >= 15 is 0 Å². The molecule has 0 aliphatic heterocycles. The molecule has 0 saturated heterocycles. The average Bonchev–Trinajstić information content (AvgIpc) is 2.04. The fourth-order valence-corrected chi connectivity index (χ4v) is 0.688. The predicted molar refractivity (Wildman–Crippen MR) is 38.9 cm³/mol. The first-order valence-corrected chi connectivity index (χ1v) is 3.00. The van der Waals surface area contributed by atoms with E-state index < -0.39 is 10.9 Å². The molecule has 0 aliphatic rings. The standard InChI is InChI=1S/C7H4NO4.Zn/c9-7(10)5-2-1-3-6(4-5)8(11)12;/h2-4H,(H,9,10);/q-1;. The molecule has 0 fully saturated rings. The number of hydrogen-bond acceptors (Lipinski definition) is 3. The van der Waals surface area contributed by atoms with Gasteiger partial charge in [0.15, 0.2) is 5.69 Å². The molecule has 13 heavy (non-hydrogen) atoms. The Balaban J connectivity index is 0.00000144. The third kappa shape index (κ3) is 2.91. The van der Waals surface area contributed by atoms with Crippen LogP contribution in [0.25, 0.3) is 0 Å². The van der Waals surface area contributed by atoms with Crippen LogP contribution in [-0.2, 0) is 19.5 Å². The fourth-order valence-electron chi connectivity index (χ4n) is 0.688. The number of aromatic carboxylic acids is 1. The Morgan fingerprint density at radius 3 is 2.62 bits per heavy atom. The normalized spacial score (nSPS) is 8.62. The van der Waals surface area contributed by atoms with Gasteiger partial charge in [0.25, 0.3) is 5.97 Å². The minimum atomic E-state index is -1.20. The van der Waals surface area contributed by atoms with Gasteiger partial charge < -0.3 is 5.11 Å². The summed E-state index contributed by atoms with van der Waals surface area (Å²) in [6, 6.07) is 5.65.